The van der Waals surface area contributed by atoms with Gasteiger partial charge in [-0.15, -0.1) is 0 Å². The first-order chi connectivity index (χ1) is 7.14. The number of amidine groups is 1. The molecule has 0 aliphatic rings. The third-order valence-electron chi connectivity index (χ3n) is 2.52. The average Bonchev–Trinajstić information content (AvgIpc) is 2.30. The molecule has 6 nitrogen and oxygen atoms in total. The summed E-state index contributed by atoms with van der Waals surface area (Å²) in [6.45, 7) is 2.28. The number of nitrogens with zero attached hydrogens (tertiary/aromatic N) is 1. The highest BCUT2D eigenvalue weighted by Crippen LogP contribution is 2.08. The zero-order valence-corrected chi connectivity index (χ0v) is 9.11. The van der Waals surface area contributed by atoms with Crippen LogP contribution in [0, 0.1) is 0 Å². The summed E-state index contributed by atoms with van der Waals surface area (Å²) in [6, 6.07) is 0. The molecule has 0 aromatic carbocycles. The fraction of sp³-hybridized carbons (Fsp3) is 0.889. The van der Waals surface area contributed by atoms with Crippen molar-refractivity contribution in [1.82, 2.24) is 5.32 Å². The van der Waals surface area contributed by atoms with Crippen LogP contribution in [0.25, 0.3) is 0 Å². The second-order valence-corrected chi connectivity index (χ2v) is 3.57. The molecule has 6 N–H and O–H groups in total. The van der Waals surface area contributed by atoms with Gasteiger partial charge in [0.25, 0.3) is 0 Å². The Labute approximate surface area is 89.8 Å². The van der Waals surface area contributed by atoms with Gasteiger partial charge in [-0.3, -0.25) is 0 Å². The summed E-state index contributed by atoms with van der Waals surface area (Å²) >= 11 is 0. The van der Waals surface area contributed by atoms with Gasteiger partial charge in [0.05, 0.1) is 18.8 Å². The fourth-order valence-electron chi connectivity index (χ4n) is 1.18. The quantitative estimate of drug-likeness (QED) is 0.121. The zero-order chi connectivity index (χ0) is 11.7. The first kappa shape index (κ1) is 14.2. The largest absolute Gasteiger partial charge is 0.409 e. The van der Waals surface area contributed by atoms with E-state index in [0.29, 0.717) is 25.8 Å². The van der Waals surface area contributed by atoms with E-state index in [-0.39, 0.29) is 19.0 Å². The molecule has 0 saturated carbocycles. The molecule has 0 bridgehead atoms. The van der Waals surface area contributed by atoms with Crippen LogP contribution in [0.4, 0.5) is 0 Å². The van der Waals surface area contributed by atoms with Crippen molar-refractivity contribution in [3.8, 4) is 0 Å². The van der Waals surface area contributed by atoms with Gasteiger partial charge in [-0.2, -0.15) is 0 Å². The monoisotopic (exact) mass is 219 g/mol. The minimum atomic E-state index is -0.620. The second-order valence-electron chi connectivity index (χ2n) is 3.57. The lowest BCUT2D eigenvalue weighted by molar-refractivity contribution is 0.0879. The smallest absolute Gasteiger partial charge is 0.139 e. The minimum absolute atomic E-state index is 0.108. The van der Waals surface area contributed by atoms with Gasteiger partial charge in [0.1, 0.15) is 5.84 Å². The van der Waals surface area contributed by atoms with Crippen LogP contribution < -0.4 is 11.1 Å². The lowest BCUT2D eigenvalue weighted by Gasteiger charge is -2.29. The highest BCUT2D eigenvalue weighted by molar-refractivity contribution is 5.79. The van der Waals surface area contributed by atoms with E-state index in [0.717, 1.165) is 0 Å². The van der Waals surface area contributed by atoms with Crippen molar-refractivity contribution in [2.45, 2.75) is 31.7 Å². The molecular weight excluding hydrogens is 198 g/mol. The molecule has 0 spiro atoms. The first-order valence-corrected chi connectivity index (χ1v) is 5.07. The Morgan fingerprint density at radius 1 is 1.40 bits per heavy atom. The van der Waals surface area contributed by atoms with Gasteiger partial charge in [-0.25, -0.2) is 0 Å². The molecule has 0 fully saturated rings. The van der Waals surface area contributed by atoms with Crippen LogP contribution in [-0.4, -0.2) is 46.6 Å². The molecule has 0 aromatic heterocycles. The Hall–Kier alpha value is -0.850. The minimum Gasteiger partial charge on any atom is -0.409 e. The van der Waals surface area contributed by atoms with E-state index in [1.165, 1.54) is 0 Å². The molecule has 0 radical (unpaired) electrons. The third-order valence-corrected chi connectivity index (χ3v) is 2.52. The van der Waals surface area contributed by atoms with Crippen molar-refractivity contribution in [2.24, 2.45) is 10.9 Å². The van der Waals surface area contributed by atoms with Gasteiger partial charge in [0.2, 0.25) is 0 Å². The number of oxime groups is 1. The predicted molar refractivity (Wildman–Crippen MR) is 57.8 cm³/mol. The van der Waals surface area contributed by atoms with Gasteiger partial charge in [-0.1, -0.05) is 12.1 Å². The number of nitrogens with one attached hydrogen (secondary N) is 1. The number of rotatable bonds is 8. The average molecular weight is 219 g/mol. The van der Waals surface area contributed by atoms with Crippen LogP contribution in [0.15, 0.2) is 5.16 Å². The van der Waals surface area contributed by atoms with Crippen LogP contribution in [0.3, 0.4) is 0 Å². The van der Waals surface area contributed by atoms with Crippen LogP contribution >= 0.6 is 0 Å². The molecule has 0 rings (SSSR count). The fourth-order valence-corrected chi connectivity index (χ4v) is 1.18. The van der Waals surface area contributed by atoms with Gasteiger partial charge in [-0.05, 0) is 19.4 Å². The molecule has 0 unspecified atom stereocenters. The Kier molecular flexibility index (Phi) is 7.02. The van der Waals surface area contributed by atoms with E-state index < -0.39 is 5.54 Å². The number of hydrogen-bond acceptors (Lipinski definition) is 5. The SMILES string of the molecule is CCC(CO)(CO)NCCCC(N)=NO. The van der Waals surface area contributed by atoms with Crippen molar-refractivity contribution in [3.05, 3.63) is 0 Å². The third kappa shape index (κ3) is 4.96. The van der Waals surface area contributed by atoms with Crippen molar-refractivity contribution >= 4 is 5.84 Å². The normalized spacial score (nSPS) is 13.1. The summed E-state index contributed by atoms with van der Waals surface area (Å²) in [7, 11) is 0. The van der Waals surface area contributed by atoms with Crippen molar-refractivity contribution in [3.63, 3.8) is 0 Å². The van der Waals surface area contributed by atoms with E-state index in [1.807, 2.05) is 6.92 Å². The van der Waals surface area contributed by atoms with Crippen molar-refractivity contribution < 1.29 is 15.4 Å². The molecule has 0 aliphatic heterocycles. The highest BCUT2D eigenvalue weighted by atomic mass is 16.4. The van der Waals surface area contributed by atoms with Gasteiger partial charge in [0, 0.05) is 6.42 Å². The van der Waals surface area contributed by atoms with Gasteiger partial charge < -0.3 is 26.5 Å². The van der Waals surface area contributed by atoms with E-state index in [2.05, 4.69) is 10.5 Å². The molecule has 6 heteroatoms. The molecule has 0 aliphatic carbocycles. The molecule has 15 heavy (non-hydrogen) atoms. The Balaban J connectivity index is 3.81. The highest BCUT2D eigenvalue weighted by Gasteiger charge is 2.24. The van der Waals surface area contributed by atoms with Crippen LogP contribution in [0.5, 0.6) is 0 Å². The number of nitrogens with two attached hydrogens (primary N) is 1. The van der Waals surface area contributed by atoms with Crippen LogP contribution in [-0.2, 0) is 0 Å². The van der Waals surface area contributed by atoms with E-state index >= 15 is 0 Å². The van der Waals surface area contributed by atoms with Crippen LogP contribution in [0.1, 0.15) is 26.2 Å². The number of aliphatic hydroxyl groups is 2. The van der Waals surface area contributed by atoms with Gasteiger partial charge in [0.15, 0.2) is 0 Å². The second kappa shape index (κ2) is 7.44. The maximum atomic E-state index is 9.12. The molecule has 0 atom stereocenters. The van der Waals surface area contributed by atoms with Crippen molar-refractivity contribution in [1.29, 1.82) is 0 Å². The summed E-state index contributed by atoms with van der Waals surface area (Å²) in [6.07, 6.45) is 1.82. The van der Waals surface area contributed by atoms with E-state index in [9.17, 15) is 0 Å². The molecule has 0 amide bonds. The maximum absolute atomic E-state index is 9.12. The molecule has 0 heterocycles. The molecular formula is C9H21N3O3. The molecule has 90 valence electrons. The Morgan fingerprint density at radius 2 is 2.00 bits per heavy atom. The number of aliphatic hydroxyl groups excluding tert-OH is 2. The Morgan fingerprint density at radius 3 is 2.40 bits per heavy atom. The predicted octanol–water partition coefficient (Wildman–Crippen LogP) is -0.764. The molecule has 0 aromatic rings. The Bertz CT molecular complexity index is 185. The topological polar surface area (TPSA) is 111 Å². The molecule has 0 saturated heterocycles. The number of hydrogen-bond donors (Lipinski definition) is 5. The standard InChI is InChI=1S/C9H21N3O3/c1-2-9(6-13,7-14)11-5-3-4-8(10)12-15/h11,13-15H,2-7H2,1H3,(H2,10,12). The van der Waals surface area contributed by atoms with E-state index in [1.54, 1.807) is 0 Å². The summed E-state index contributed by atoms with van der Waals surface area (Å²) in [4.78, 5) is 0. The summed E-state index contributed by atoms with van der Waals surface area (Å²) in [5.74, 6) is 0.187. The van der Waals surface area contributed by atoms with E-state index in [4.69, 9.17) is 21.2 Å². The van der Waals surface area contributed by atoms with Gasteiger partial charge >= 0.3 is 0 Å². The lowest BCUT2D eigenvalue weighted by atomic mass is 9.98. The maximum Gasteiger partial charge on any atom is 0.139 e. The summed E-state index contributed by atoms with van der Waals surface area (Å²) in [5, 5.41) is 32.5. The van der Waals surface area contributed by atoms with Crippen molar-refractivity contribution in [2.75, 3.05) is 19.8 Å². The zero-order valence-electron chi connectivity index (χ0n) is 9.11. The summed E-state index contributed by atoms with van der Waals surface area (Å²) in [5.41, 5.74) is 4.67. The summed E-state index contributed by atoms with van der Waals surface area (Å²) < 4.78 is 0. The first-order valence-electron chi connectivity index (χ1n) is 5.07. The lowest BCUT2D eigenvalue weighted by Crippen LogP contribution is -2.51. The van der Waals surface area contributed by atoms with Crippen LogP contribution in [0.2, 0.25) is 0 Å².